The highest BCUT2D eigenvalue weighted by atomic mass is 32.2. The number of anilines is 2. The summed E-state index contributed by atoms with van der Waals surface area (Å²) in [7, 11) is -4.41. The van der Waals surface area contributed by atoms with Crippen molar-refractivity contribution in [2.75, 3.05) is 11.9 Å². The molecule has 0 aromatic heterocycles. The fourth-order valence-corrected chi connectivity index (χ4v) is 2.71. The lowest BCUT2D eigenvalue weighted by Gasteiger charge is -2.15. The molecule has 0 saturated heterocycles. The van der Waals surface area contributed by atoms with Gasteiger partial charge in [0.1, 0.15) is 0 Å². The molecule has 0 unspecified atom stereocenters. The lowest BCUT2D eigenvalue weighted by molar-refractivity contribution is 0.0527. The molecule has 0 aliphatic rings. The third-order valence-corrected chi connectivity index (χ3v) is 4.51. The van der Waals surface area contributed by atoms with Crippen molar-refractivity contribution < 1.29 is 22.5 Å². The predicted molar refractivity (Wildman–Crippen MR) is 91.4 cm³/mol. The lowest BCUT2D eigenvalue weighted by Crippen LogP contribution is -2.10. The molecular weight excluding hydrogens is 330 g/mol. The van der Waals surface area contributed by atoms with E-state index in [0.29, 0.717) is 5.69 Å². The van der Waals surface area contributed by atoms with Crippen LogP contribution in [0, 0.1) is 13.8 Å². The Kier molecular flexibility index (Phi) is 5.26. The van der Waals surface area contributed by atoms with Crippen molar-refractivity contribution in [2.24, 2.45) is 0 Å². The monoisotopic (exact) mass is 349 g/mol. The van der Waals surface area contributed by atoms with Gasteiger partial charge in [-0.25, -0.2) is 4.79 Å². The maximum Gasteiger partial charge on any atom is 0.340 e. The Bertz CT molecular complexity index is 875. The molecule has 0 atom stereocenters. The first kappa shape index (κ1) is 18.0. The molecule has 2 N–H and O–H groups in total. The van der Waals surface area contributed by atoms with Crippen molar-refractivity contribution >= 4 is 27.5 Å². The SMILES string of the molecule is CCOC(=O)c1cc(S(=O)(=O)O)ccc1Nc1cccc(C)c1C. The minimum absolute atomic E-state index is 0.0351. The van der Waals surface area contributed by atoms with Crippen LogP contribution in [0.5, 0.6) is 0 Å². The molecule has 0 amide bonds. The molecule has 2 aromatic carbocycles. The topological polar surface area (TPSA) is 92.7 Å². The van der Waals surface area contributed by atoms with Crippen molar-refractivity contribution in [1.29, 1.82) is 0 Å². The van der Waals surface area contributed by atoms with Crippen molar-refractivity contribution in [3.05, 3.63) is 53.1 Å². The normalized spacial score (nSPS) is 11.2. The maximum absolute atomic E-state index is 12.1. The van der Waals surface area contributed by atoms with Crippen molar-refractivity contribution in [3.63, 3.8) is 0 Å². The van der Waals surface area contributed by atoms with Crippen LogP contribution in [0.3, 0.4) is 0 Å². The van der Waals surface area contributed by atoms with Gasteiger partial charge in [-0.15, -0.1) is 0 Å². The van der Waals surface area contributed by atoms with Gasteiger partial charge in [-0.3, -0.25) is 4.55 Å². The number of aryl methyl sites for hydroxylation is 1. The number of ether oxygens (including phenoxy) is 1. The van der Waals surface area contributed by atoms with Gasteiger partial charge in [0.05, 0.1) is 22.8 Å². The zero-order chi connectivity index (χ0) is 17.9. The summed E-state index contributed by atoms with van der Waals surface area (Å²) in [5.41, 5.74) is 3.31. The third-order valence-electron chi connectivity index (χ3n) is 3.66. The van der Waals surface area contributed by atoms with Gasteiger partial charge < -0.3 is 10.1 Å². The predicted octanol–water partition coefficient (Wildman–Crippen LogP) is 3.47. The van der Waals surface area contributed by atoms with Crippen molar-refractivity contribution in [3.8, 4) is 0 Å². The Morgan fingerprint density at radius 2 is 1.88 bits per heavy atom. The summed E-state index contributed by atoms with van der Waals surface area (Å²) in [4.78, 5) is 11.8. The van der Waals surface area contributed by atoms with Crippen LogP contribution >= 0.6 is 0 Å². The number of hydrogen-bond acceptors (Lipinski definition) is 5. The van der Waals surface area contributed by atoms with E-state index in [1.807, 2.05) is 32.0 Å². The molecule has 0 radical (unpaired) electrons. The fraction of sp³-hybridized carbons (Fsp3) is 0.235. The van der Waals surface area contributed by atoms with E-state index in [0.717, 1.165) is 22.9 Å². The molecule has 7 heteroatoms. The number of hydrogen-bond donors (Lipinski definition) is 2. The molecule has 0 saturated carbocycles. The summed E-state index contributed by atoms with van der Waals surface area (Å²) < 4.78 is 36.8. The van der Waals surface area contributed by atoms with Crippen molar-refractivity contribution in [1.82, 2.24) is 0 Å². The third kappa shape index (κ3) is 3.93. The van der Waals surface area contributed by atoms with Gasteiger partial charge in [0.15, 0.2) is 0 Å². The van der Waals surface area contributed by atoms with Crippen LogP contribution in [0.15, 0.2) is 41.3 Å². The van der Waals surface area contributed by atoms with Gasteiger partial charge in [0, 0.05) is 5.69 Å². The van der Waals surface area contributed by atoms with Crippen LogP contribution < -0.4 is 5.32 Å². The Morgan fingerprint density at radius 3 is 2.50 bits per heavy atom. The van der Waals surface area contributed by atoms with Crippen LogP contribution in [0.4, 0.5) is 11.4 Å². The van der Waals surface area contributed by atoms with Crippen LogP contribution in [0.2, 0.25) is 0 Å². The lowest BCUT2D eigenvalue weighted by atomic mass is 10.1. The molecule has 0 aliphatic carbocycles. The standard InChI is InChI=1S/C17H19NO5S/c1-4-23-17(19)14-10-13(24(20,21)22)8-9-16(14)18-15-7-5-6-11(2)12(15)3/h5-10,18H,4H2,1-3H3,(H,20,21,22). The first-order chi connectivity index (χ1) is 11.2. The van der Waals surface area contributed by atoms with E-state index in [1.54, 1.807) is 6.92 Å². The Balaban J connectivity index is 2.52. The average molecular weight is 349 g/mol. The number of nitrogens with one attached hydrogen (secondary N) is 1. The smallest absolute Gasteiger partial charge is 0.340 e. The number of benzene rings is 2. The fourth-order valence-electron chi connectivity index (χ4n) is 2.20. The summed E-state index contributed by atoms with van der Waals surface area (Å²) in [6.07, 6.45) is 0. The second-order valence-corrected chi connectivity index (χ2v) is 6.70. The largest absolute Gasteiger partial charge is 0.462 e. The quantitative estimate of drug-likeness (QED) is 0.634. The number of carbonyl (C=O) groups is 1. The molecular formula is C17H19NO5S. The minimum atomic E-state index is -4.41. The number of rotatable bonds is 5. The zero-order valence-corrected chi connectivity index (χ0v) is 14.5. The average Bonchev–Trinajstić information content (AvgIpc) is 2.51. The summed E-state index contributed by atoms with van der Waals surface area (Å²) in [5, 5.41) is 3.12. The van der Waals surface area contributed by atoms with Gasteiger partial charge in [-0.05, 0) is 56.2 Å². The number of carbonyl (C=O) groups excluding carboxylic acids is 1. The summed E-state index contributed by atoms with van der Waals surface area (Å²) in [6, 6.07) is 9.45. The van der Waals surface area contributed by atoms with E-state index >= 15 is 0 Å². The first-order valence-electron chi connectivity index (χ1n) is 7.36. The van der Waals surface area contributed by atoms with E-state index in [9.17, 15) is 17.8 Å². The van der Waals surface area contributed by atoms with Gasteiger partial charge in [0.25, 0.3) is 10.1 Å². The molecule has 0 aliphatic heterocycles. The van der Waals surface area contributed by atoms with Crippen molar-refractivity contribution in [2.45, 2.75) is 25.7 Å². The molecule has 0 bridgehead atoms. The van der Waals surface area contributed by atoms with Gasteiger partial charge in [-0.1, -0.05) is 12.1 Å². The summed E-state index contributed by atoms with van der Waals surface area (Å²) in [5.74, 6) is -0.671. The van der Waals surface area contributed by atoms with E-state index in [1.165, 1.54) is 12.1 Å². The van der Waals surface area contributed by atoms with Gasteiger partial charge in [-0.2, -0.15) is 8.42 Å². The van der Waals surface area contributed by atoms with E-state index in [-0.39, 0.29) is 17.1 Å². The maximum atomic E-state index is 12.1. The Labute approximate surface area is 141 Å². The minimum Gasteiger partial charge on any atom is -0.462 e. The molecule has 0 heterocycles. The molecule has 2 rings (SSSR count). The zero-order valence-electron chi connectivity index (χ0n) is 13.7. The second kappa shape index (κ2) is 7.02. The Morgan fingerprint density at radius 1 is 1.17 bits per heavy atom. The molecule has 24 heavy (non-hydrogen) atoms. The Hall–Kier alpha value is -2.38. The molecule has 128 valence electrons. The highest BCUT2D eigenvalue weighted by molar-refractivity contribution is 7.85. The van der Waals surface area contributed by atoms with Gasteiger partial charge in [0.2, 0.25) is 0 Å². The highest BCUT2D eigenvalue weighted by Gasteiger charge is 2.19. The first-order valence-corrected chi connectivity index (χ1v) is 8.80. The number of esters is 1. The summed E-state index contributed by atoms with van der Waals surface area (Å²) >= 11 is 0. The van der Waals surface area contributed by atoms with E-state index in [4.69, 9.17) is 4.74 Å². The molecule has 6 nitrogen and oxygen atoms in total. The van der Waals surface area contributed by atoms with E-state index < -0.39 is 16.1 Å². The highest BCUT2D eigenvalue weighted by Crippen LogP contribution is 2.27. The molecule has 0 spiro atoms. The van der Waals surface area contributed by atoms with Crippen LogP contribution in [0.25, 0.3) is 0 Å². The summed E-state index contributed by atoms with van der Waals surface area (Å²) in [6.45, 7) is 5.71. The van der Waals surface area contributed by atoms with Gasteiger partial charge >= 0.3 is 5.97 Å². The second-order valence-electron chi connectivity index (χ2n) is 5.28. The van der Waals surface area contributed by atoms with Crippen LogP contribution in [-0.2, 0) is 14.9 Å². The van der Waals surface area contributed by atoms with Crippen LogP contribution in [0.1, 0.15) is 28.4 Å². The van der Waals surface area contributed by atoms with Crippen LogP contribution in [-0.4, -0.2) is 25.5 Å². The van der Waals surface area contributed by atoms with E-state index in [2.05, 4.69) is 5.32 Å². The molecule has 2 aromatic rings. The molecule has 0 fully saturated rings.